The summed E-state index contributed by atoms with van der Waals surface area (Å²) in [5, 5.41) is 17.7. The average molecular weight is 265 g/mol. The third-order valence-electron chi connectivity index (χ3n) is 3.67. The first kappa shape index (κ1) is 14.1. The van der Waals surface area contributed by atoms with Crippen molar-refractivity contribution in [1.29, 1.82) is 0 Å². The quantitative estimate of drug-likeness (QED) is 0.730. The highest BCUT2D eigenvalue weighted by Gasteiger charge is 2.33. The van der Waals surface area contributed by atoms with Gasteiger partial charge in [-0.05, 0) is 26.2 Å². The number of ether oxygens (including phenoxy) is 1. The monoisotopic (exact) mass is 265 g/mol. The molecule has 0 atom stereocenters. The molecule has 0 bridgehead atoms. The summed E-state index contributed by atoms with van der Waals surface area (Å²) in [4.78, 5) is 0. The number of hydrogen-bond acceptors (Lipinski definition) is 4. The molecule has 5 nitrogen and oxygen atoms in total. The van der Waals surface area contributed by atoms with Crippen molar-refractivity contribution < 1.29 is 9.84 Å². The molecule has 106 valence electrons. The van der Waals surface area contributed by atoms with Gasteiger partial charge in [-0.3, -0.25) is 0 Å². The summed E-state index contributed by atoms with van der Waals surface area (Å²) in [5.41, 5.74) is 1.50. The topological polar surface area (TPSA) is 59.3 Å². The van der Waals surface area contributed by atoms with Gasteiger partial charge in [0.2, 0.25) is 5.88 Å². The van der Waals surface area contributed by atoms with E-state index in [2.05, 4.69) is 17.0 Å². The van der Waals surface area contributed by atoms with Gasteiger partial charge in [0, 0.05) is 20.1 Å². The lowest BCUT2D eigenvalue weighted by atomic mass is 9.80. The third kappa shape index (κ3) is 3.16. The molecule has 1 aliphatic carbocycles. The number of aliphatic hydroxyl groups is 1. The van der Waals surface area contributed by atoms with Crippen LogP contribution in [0.2, 0.25) is 0 Å². The van der Waals surface area contributed by atoms with E-state index >= 15 is 0 Å². The highest BCUT2D eigenvalue weighted by atomic mass is 16.5. The van der Waals surface area contributed by atoms with Crippen molar-refractivity contribution in [2.75, 3.05) is 13.2 Å². The largest absolute Gasteiger partial charge is 0.473 e. The van der Waals surface area contributed by atoms with Crippen LogP contribution in [0, 0.1) is 6.92 Å². The Kier molecular flexibility index (Phi) is 4.27. The number of nitrogens with zero attached hydrogens (tertiary/aromatic N) is 2. The third-order valence-corrected chi connectivity index (χ3v) is 3.67. The predicted molar refractivity (Wildman–Crippen MR) is 74.1 cm³/mol. The highest BCUT2D eigenvalue weighted by molar-refractivity contribution is 5.31. The van der Waals surface area contributed by atoms with Crippen LogP contribution < -0.4 is 10.1 Å². The molecule has 1 heterocycles. The Labute approximate surface area is 114 Å². The molecule has 0 amide bonds. The molecule has 0 aliphatic heterocycles. The minimum atomic E-state index is -0.502. The zero-order chi connectivity index (χ0) is 13.9. The zero-order valence-corrected chi connectivity index (χ0v) is 11.8. The normalized spacial score (nSPS) is 17.0. The Bertz CT molecular complexity index is 450. The van der Waals surface area contributed by atoms with Crippen molar-refractivity contribution in [2.24, 2.45) is 7.05 Å². The summed E-state index contributed by atoms with van der Waals surface area (Å²) in [7, 11) is 1.87. The van der Waals surface area contributed by atoms with Crippen molar-refractivity contribution in [3.05, 3.63) is 23.9 Å². The lowest BCUT2D eigenvalue weighted by Crippen LogP contribution is -2.46. The van der Waals surface area contributed by atoms with Crippen LogP contribution in [0.5, 0.6) is 5.88 Å². The molecule has 0 spiro atoms. The lowest BCUT2D eigenvalue weighted by molar-refractivity contribution is -0.0315. The molecule has 2 rings (SSSR count). The Hall–Kier alpha value is -1.33. The van der Waals surface area contributed by atoms with Gasteiger partial charge in [-0.2, -0.15) is 5.10 Å². The summed E-state index contributed by atoms with van der Waals surface area (Å²) >= 11 is 0. The van der Waals surface area contributed by atoms with Crippen LogP contribution in [0.15, 0.2) is 12.7 Å². The van der Waals surface area contributed by atoms with Crippen molar-refractivity contribution in [3.63, 3.8) is 0 Å². The van der Waals surface area contributed by atoms with E-state index in [9.17, 15) is 5.11 Å². The first-order chi connectivity index (χ1) is 9.06. The molecule has 0 unspecified atom stereocenters. The maximum absolute atomic E-state index is 10.0. The standard InChI is InChI=1S/C14H23N3O2/c1-4-8-19-13-12(11(2)16-17(13)3)9-15-10-14(18)6-5-7-14/h4,15,18H,1,5-10H2,2-3H3. The number of nitrogens with one attached hydrogen (secondary N) is 1. The van der Waals surface area contributed by atoms with Crippen LogP contribution >= 0.6 is 0 Å². The minimum absolute atomic E-state index is 0.468. The van der Waals surface area contributed by atoms with Gasteiger partial charge in [-0.15, -0.1) is 0 Å². The Morgan fingerprint density at radius 1 is 1.58 bits per heavy atom. The van der Waals surface area contributed by atoms with Crippen molar-refractivity contribution in [3.8, 4) is 5.88 Å². The van der Waals surface area contributed by atoms with E-state index in [-0.39, 0.29) is 0 Å². The van der Waals surface area contributed by atoms with E-state index in [1.165, 1.54) is 0 Å². The molecular formula is C14H23N3O2. The minimum Gasteiger partial charge on any atom is -0.473 e. The second kappa shape index (κ2) is 5.75. The van der Waals surface area contributed by atoms with Crippen LogP contribution in [0.25, 0.3) is 0 Å². The van der Waals surface area contributed by atoms with Gasteiger partial charge in [0.15, 0.2) is 0 Å². The average Bonchev–Trinajstić information content (AvgIpc) is 2.60. The van der Waals surface area contributed by atoms with Gasteiger partial charge in [-0.25, -0.2) is 4.68 Å². The van der Waals surface area contributed by atoms with Crippen LogP contribution in [-0.4, -0.2) is 33.6 Å². The predicted octanol–water partition coefficient (Wildman–Crippen LogP) is 1.30. The molecular weight excluding hydrogens is 242 g/mol. The smallest absolute Gasteiger partial charge is 0.216 e. The van der Waals surface area contributed by atoms with Crippen LogP contribution in [0.4, 0.5) is 0 Å². The van der Waals surface area contributed by atoms with Crippen LogP contribution in [0.1, 0.15) is 30.5 Å². The van der Waals surface area contributed by atoms with Gasteiger partial charge < -0.3 is 15.2 Å². The number of rotatable bonds is 7. The zero-order valence-electron chi connectivity index (χ0n) is 11.8. The molecule has 0 aromatic carbocycles. The Morgan fingerprint density at radius 2 is 2.32 bits per heavy atom. The Balaban J connectivity index is 1.96. The SMILES string of the molecule is C=CCOc1c(CNCC2(O)CCC2)c(C)nn1C. The maximum atomic E-state index is 10.0. The maximum Gasteiger partial charge on any atom is 0.216 e. The van der Waals surface area contributed by atoms with Gasteiger partial charge in [0.25, 0.3) is 0 Å². The summed E-state index contributed by atoms with van der Waals surface area (Å²) in [5.74, 6) is 0.769. The highest BCUT2D eigenvalue weighted by Crippen LogP contribution is 2.31. The van der Waals surface area contributed by atoms with Crippen molar-refractivity contribution in [2.45, 2.75) is 38.3 Å². The molecule has 1 fully saturated rings. The van der Waals surface area contributed by atoms with Crippen molar-refractivity contribution in [1.82, 2.24) is 15.1 Å². The van der Waals surface area contributed by atoms with E-state index in [0.29, 0.717) is 19.7 Å². The van der Waals surface area contributed by atoms with Crippen molar-refractivity contribution >= 4 is 0 Å². The molecule has 0 radical (unpaired) electrons. The molecule has 1 aliphatic rings. The fourth-order valence-corrected chi connectivity index (χ4v) is 2.38. The fraction of sp³-hybridized carbons (Fsp3) is 0.643. The molecule has 2 N–H and O–H groups in total. The van der Waals surface area contributed by atoms with Crippen LogP contribution in [-0.2, 0) is 13.6 Å². The molecule has 5 heteroatoms. The van der Waals surface area contributed by atoms with Gasteiger partial charge in [0.05, 0.1) is 16.9 Å². The Morgan fingerprint density at radius 3 is 2.89 bits per heavy atom. The first-order valence-corrected chi connectivity index (χ1v) is 6.75. The molecule has 1 aromatic heterocycles. The summed E-state index contributed by atoms with van der Waals surface area (Å²) in [6, 6.07) is 0. The molecule has 0 saturated heterocycles. The number of aryl methyl sites for hydroxylation is 2. The van der Waals surface area contributed by atoms with E-state index in [1.54, 1.807) is 10.8 Å². The summed E-state index contributed by atoms with van der Waals surface area (Å²) < 4.78 is 7.38. The second-order valence-corrected chi connectivity index (χ2v) is 5.27. The van der Waals surface area contributed by atoms with Crippen LogP contribution in [0.3, 0.4) is 0 Å². The fourth-order valence-electron chi connectivity index (χ4n) is 2.38. The van der Waals surface area contributed by atoms with E-state index < -0.39 is 5.60 Å². The van der Waals surface area contributed by atoms with Gasteiger partial charge >= 0.3 is 0 Å². The van der Waals surface area contributed by atoms with E-state index in [4.69, 9.17) is 4.74 Å². The lowest BCUT2D eigenvalue weighted by Gasteiger charge is -2.36. The van der Waals surface area contributed by atoms with E-state index in [0.717, 1.165) is 36.4 Å². The first-order valence-electron chi connectivity index (χ1n) is 6.75. The summed E-state index contributed by atoms with van der Waals surface area (Å²) in [6.07, 6.45) is 4.63. The van der Waals surface area contributed by atoms with Gasteiger partial charge in [-0.1, -0.05) is 12.7 Å². The molecule has 1 aromatic rings. The number of aromatic nitrogens is 2. The summed E-state index contributed by atoms with van der Waals surface area (Å²) in [6.45, 7) is 7.38. The van der Waals surface area contributed by atoms with E-state index in [1.807, 2.05) is 14.0 Å². The molecule has 19 heavy (non-hydrogen) atoms. The second-order valence-electron chi connectivity index (χ2n) is 5.27. The molecule has 1 saturated carbocycles. The number of hydrogen-bond donors (Lipinski definition) is 2. The van der Waals surface area contributed by atoms with Gasteiger partial charge in [0.1, 0.15) is 6.61 Å².